The molecule has 1 fully saturated rings. The summed E-state index contributed by atoms with van der Waals surface area (Å²) in [6, 6.07) is 10.5. The first-order chi connectivity index (χ1) is 14.1. The van der Waals surface area contributed by atoms with Crippen LogP contribution in [0.15, 0.2) is 36.4 Å². The molecule has 0 aliphatic heterocycles. The van der Waals surface area contributed by atoms with Gasteiger partial charge in [0.1, 0.15) is 13.3 Å². The van der Waals surface area contributed by atoms with E-state index in [9.17, 15) is 13.2 Å². The molecule has 0 amide bonds. The second-order valence-electron chi connectivity index (χ2n) is 8.14. The minimum atomic E-state index is -0.807. The average Bonchev–Trinajstić information content (AvgIpc) is 2.74. The van der Waals surface area contributed by atoms with Crippen LogP contribution in [0.1, 0.15) is 69.8 Å². The Labute approximate surface area is 172 Å². The van der Waals surface area contributed by atoms with Crippen molar-refractivity contribution in [1.29, 1.82) is 0 Å². The van der Waals surface area contributed by atoms with E-state index < -0.39 is 24.1 Å². The quantitative estimate of drug-likeness (QED) is 0.387. The molecule has 1 nitrogen and oxygen atoms in total. The van der Waals surface area contributed by atoms with Gasteiger partial charge in [0.25, 0.3) is 0 Å². The molecule has 0 bridgehead atoms. The van der Waals surface area contributed by atoms with Crippen molar-refractivity contribution in [1.82, 2.24) is 0 Å². The fourth-order valence-corrected chi connectivity index (χ4v) is 4.42. The SMILES string of the molecule is CCCCCC1CCC(c2ccc(-c3cc(F)c(OCCF)c(F)c3)cc2)CC1. The molecule has 1 aliphatic rings. The lowest BCUT2D eigenvalue weighted by Gasteiger charge is -2.29. The van der Waals surface area contributed by atoms with E-state index in [-0.39, 0.29) is 6.61 Å². The van der Waals surface area contributed by atoms with Gasteiger partial charge in [0.2, 0.25) is 0 Å². The molecule has 0 atom stereocenters. The Morgan fingerprint density at radius 3 is 2.14 bits per heavy atom. The van der Waals surface area contributed by atoms with Gasteiger partial charge in [-0.2, -0.15) is 0 Å². The molecule has 0 saturated heterocycles. The number of alkyl halides is 1. The highest BCUT2D eigenvalue weighted by Gasteiger charge is 2.22. The number of hydrogen-bond donors (Lipinski definition) is 0. The average molecular weight is 405 g/mol. The summed E-state index contributed by atoms with van der Waals surface area (Å²) in [5.41, 5.74) is 2.53. The molecule has 29 heavy (non-hydrogen) atoms. The maximum atomic E-state index is 14.2. The maximum Gasteiger partial charge on any atom is 0.190 e. The lowest BCUT2D eigenvalue weighted by Crippen LogP contribution is -2.13. The Hall–Kier alpha value is -1.97. The second-order valence-corrected chi connectivity index (χ2v) is 8.14. The number of halogens is 3. The summed E-state index contributed by atoms with van der Waals surface area (Å²) in [4.78, 5) is 0. The van der Waals surface area contributed by atoms with Crippen molar-refractivity contribution in [3.63, 3.8) is 0 Å². The van der Waals surface area contributed by atoms with Crippen molar-refractivity contribution < 1.29 is 17.9 Å². The second kappa shape index (κ2) is 10.7. The third-order valence-electron chi connectivity index (χ3n) is 6.10. The summed E-state index contributed by atoms with van der Waals surface area (Å²) in [5.74, 6) is -0.672. The van der Waals surface area contributed by atoms with Crippen molar-refractivity contribution >= 4 is 0 Å². The summed E-state index contributed by atoms with van der Waals surface area (Å²) in [7, 11) is 0. The minimum Gasteiger partial charge on any atom is -0.485 e. The van der Waals surface area contributed by atoms with Gasteiger partial charge in [0.05, 0.1) is 0 Å². The summed E-state index contributed by atoms with van der Waals surface area (Å²) >= 11 is 0. The molecule has 2 aromatic carbocycles. The van der Waals surface area contributed by atoms with Crippen LogP contribution < -0.4 is 4.74 Å². The molecular weight excluding hydrogens is 373 g/mol. The van der Waals surface area contributed by atoms with Crippen molar-refractivity contribution in [3.8, 4) is 16.9 Å². The first kappa shape index (κ1) is 21.7. The van der Waals surface area contributed by atoms with Crippen LogP contribution in [-0.4, -0.2) is 13.3 Å². The van der Waals surface area contributed by atoms with Crippen LogP contribution in [0, 0.1) is 17.6 Å². The third kappa shape index (κ3) is 5.77. The minimum absolute atomic E-state index is 0.358. The van der Waals surface area contributed by atoms with E-state index >= 15 is 0 Å². The van der Waals surface area contributed by atoms with Gasteiger partial charge < -0.3 is 4.74 Å². The molecular formula is C25H31F3O. The molecule has 1 aliphatic carbocycles. The normalized spacial score (nSPS) is 19.3. The smallest absolute Gasteiger partial charge is 0.190 e. The van der Waals surface area contributed by atoms with Crippen LogP contribution >= 0.6 is 0 Å². The third-order valence-corrected chi connectivity index (χ3v) is 6.10. The van der Waals surface area contributed by atoms with Crippen molar-refractivity contribution in [2.24, 2.45) is 5.92 Å². The van der Waals surface area contributed by atoms with Crippen molar-refractivity contribution in [2.45, 2.75) is 64.2 Å². The highest BCUT2D eigenvalue weighted by molar-refractivity contribution is 5.65. The van der Waals surface area contributed by atoms with Gasteiger partial charge in [0.15, 0.2) is 17.4 Å². The van der Waals surface area contributed by atoms with E-state index in [4.69, 9.17) is 4.74 Å². The largest absolute Gasteiger partial charge is 0.485 e. The summed E-state index contributed by atoms with van der Waals surface area (Å²) < 4.78 is 45.3. The highest BCUT2D eigenvalue weighted by Crippen LogP contribution is 2.38. The lowest BCUT2D eigenvalue weighted by molar-refractivity contribution is 0.251. The molecule has 0 radical (unpaired) electrons. The lowest BCUT2D eigenvalue weighted by atomic mass is 9.77. The molecule has 0 spiro atoms. The fraction of sp³-hybridized carbons (Fsp3) is 0.520. The molecule has 0 aromatic heterocycles. The Morgan fingerprint density at radius 1 is 0.897 bits per heavy atom. The topological polar surface area (TPSA) is 9.23 Å². The van der Waals surface area contributed by atoms with E-state index in [2.05, 4.69) is 19.1 Å². The fourth-order valence-electron chi connectivity index (χ4n) is 4.42. The number of rotatable bonds is 9. The van der Waals surface area contributed by atoms with Gasteiger partial charge in [-0.15, -0.1) is 0 Å². The molecule has 1 saturated carbocycles. The van der Waals surface area contributed by atoms with Crippen LogP contribution in [-0.2, 0) is 0 Å². The molecule has 0 heterocycles. The van der Waals surface area contributed by atoms with Gasteiger partial charge in [-0.1, -0.05) is 56.9 Å². The first-order valence-electron chi connectivity index (χ1n) is 10.9. The Bertz CT molecular complexity index is 741. The van der Waals surface area contributed by atoms with Crippen LogP contribution in [0.2, 0.25) is 0 Å². The monoisotopic (exact) mass is 404 g/mol. The maximum absolute atomic E-state index is 14.2. The zero-order chi connectivity index (χ0) is 20.6. The Kier molecular flexibility index (Phi) is 8.02. The molecule has 158 valence electrons. The number of hydrogen-bond acceptors (Lipinski definition) is 1. The predicted octanol–water partition coefficient (Wildman–Crippen LogP) is 7.83. The number of benzene rings is 2. The Morgan fingerprint density at radius 2 is 1.55 bits per heavy atom. The van der Waals surface area contributed by atoms with E-state index in [1.807, 2.05) is 12.1 Å². The molecule has 3 rings (SSSR count). The zero-order valence-corrected chi connectivity index (χ0v) is 17.2. The molecule has 2 aromatic rings. The van der Waals surface area contributed by atoms with Gasteiger partial charge in [0, 0.05) is 0 Å². The highest BCUT2D eigenvalue weighted by atomic mass is 19.1. The first-order valence-corrected chi connectivity index (χ1v) is 10.9. The van der Waals surface area contributed by atoms with E-state index in [1.54, 1.807) is 0 Å². The van der Waals surface area contributed by atoms with E-state index in [0.29, 0.717) is 11.5 Å². The van der Waals surface area contributed by atoms with E-state index in [1.165, 1.54) is 69.1 Å². The van der Waals surface area contributed by atoms with Crippen LogP contribution in [0.4, 0.5) is 13.2 Å². The molecule has 0 unspecified atom stereocenters. The standard InChI is InChI=1S/C25H31F3O/c1-2-3-4-5-18-6-8-19(9-7-18)20-10-12-21(13-11-20)22-16-23(27)25(24(28)17-22)29-15-14-26/h10-13,16-19H,2-9,14-15H2,1H3. The summed E-state index contributed by atoms with van der Waals surface area (Å²) in [6.45, 7) is 1.10. The Balaban J connectivity index is 1.62. The predicted molar refractivity (Wildman–Crippen MR) is 112 cm³/mol. The van der Waals surface area contributed by atoms with Crippen molar-refractivity contribution in [2.75, 3.05) is 13.3 Å². The summed E-state index contributed by atoms with van der Waals surface area (Å²) in [6.07, 6.45) is 10.4. The van der Waals surface area contributed by atoms with Gasteiger partial charge in [-0.05, 0) is 66.3 Å². The van der Waals surface area contributed by atoms with Crippen LogP contribution in [0.25, 0.3) is 11.1 Å². The van der Waals surface area contributed by atoms with Gasteiger partial charge in [-0.3, -0.25) is 0 Å². The van der Waals surface area contributed by atoms with Crippen molar-refractivity contribution in [3.05, 3.63) is 53.6 Å². The van der Waals surface area contributed by atoms with E-state index in [0.717, 1.165) is 11.5 Å². The molecule has 0 N–H and O–H groups in total. The van der Waals surface area contributed by atoms with Crippen LogP contribution in [0.5, 0.6) is 5.75 Å². The number of ether oxygens (including phenoxy) is 1. The van der Waals surface area contributed by atoms with Gasteiger partial charge >= 0.3 is 0 Å². The van der Waals surface area contributed by atoms with Gasteiger partial charge in [-0.25, -0.2) is 13.2 Å². The van der Waals surface area contributed by atoms with Crippen LogP contribution in [0.3, 0.4) is 0 Å². The molecule has 4 heteroatoms. The zero-order valence-electron chi connectivity index (χ0n) is 17.2. The summed E-state index contributed by atoms with van der Waals surface area (Å²) in [5, 5.41) is 0. The number of unbranched alkanes of at least 4 members (excludes halogenated alkanes) is 2.